The van der Waals surface area contributed by atoms with E-state index in [1.165, 1.54) is 24.9 Å². The van der Waals surface area contributed by atoms with Gasteiger partial charge in [0.2, 0.25) is 5.91 Å². The van der Waals surface area contributed by atoms with E-state index in [2.05, 4.69) is 16.1 Å². The number of hydrogen-bond donors (Lipinski definition) is 1. The first kappa shape index (κ1) is 20.9. The Hall–Kier alpha value is -2.80. The van der Waals surface area contributed by atoms with E-state index < -0.39 is 6.61 Å². The van der Waals surface area contributed by atoms with Crippen LogP contribution in [0.25, 0.3) is 10.8 Å². The molecule has 0 bridgehead atoms. The van der Waals surface area contributed by atoms with Gasteiger partial charge in [-0.3, -0.25) is 4.79 Å². The summed E-state index contributed by atoms with van der Waals surface area (Å²) in [5.74, 6) is 0.449. The summed E-state index contributed by atoms with van der Waals surface area (Å²) in [6, 6.07) is 19.0. The summed E-state index contributed by atoms with van der Waals surface area (Å²) in [6.07, 6.45) is 0.496. The van der Waals surface area contributed by atoms with E-state index in [0.29, 0.717) is 18.7 Å². The van der Waals surface area contributed by atoms with E-state index in [-0.39, 0.29) is 17.4 Å². The molecule has 0 radical (unpaired) electrons. The van der Waals surface area contributed by atoms with Crippen LogP contribution < -0.4 is 14.8 Å². The number of methoxy groups -OCH3 is 1. The summed E-state index contributed by atoms with van der Waals surface area (Å²) in [4.78, 5) is 13.1. The molecule has 3 aromatic carbocycles. The van der Waals surface area contributed by atoms with Gasteiger partial charge < -0.3 is 14.8 Å². The average Bonchev–Trinajstić information content (AvgIpc) is 2.72. The number of hydrogen-bond acceptors (Lipinski definition) is 4. The Bertz CT molecular complexity index is 981. The number of carbonyl (C=O) groups is 1. The quantitative estimate of drug-likeness (QED) is 0.503. The molecule has 0 spiro atoms. The van der Waals surface area contributed by atoms with Gasteiger partial charge >= 0.3 is 6.61 Å². The van der Waals surface area contributed by atoms with Crippen LogP contribution in [0.4, 0.5) is 8.78 Å². The normalized spacial score (nSPS) is 10.9. The van der Waals surface area contributed by atoms with Crippen molar-refractivity contribution < 1.29 is 23.0 Å². The third-order valence-corrected chi connectivity index (χ3v) is 5.26. The predicted octanol–water partition coefficient (Wildman–Crippen LogP) is 4.90. The largest absolute Gasteiger partial charge is 0.493 e. The molecule has 1 N–H and O–H groups in total. The number of thioether (sulfide) groups is 1. The highest BCUT2D eigenvalue weighted by Crippen LogP contribution is 2.29. The average molecular weight is 417 g/mol. The summed E-state index contributed by atoms with van der Waals surface area (Å²) >= 11 is 1.47. The van der Waals surface area contributed by atoms with Crippen molar-refractivity contribution in [3.63, 3.8) is 0 Å². The van der Waals surface area contributed by atoms with Gasteiger partial charge in [0.05, 0.1) is 12.9 Å². The van der Waals surface area contributed by atoms with Crippen molar-refractivity contribution in [3.8, 4) is 11.5 Å². The van der Waals surface area contributed by atoms with Crippen molar-refractivity contribution in [2.75, 3.05) is 19.4 Å². The van der Waals surface area contributed by atoms with Crippen LogP contribution in [0.2, 0.25) is 0 Å². The minimum atomic E-state index is -2.93. The molecule has 7 heteroatoms. The lowest BCUT2D eigenvalue weighted by Gasteiger charge is -2.12. The molecular formula is C22H21F2NO3S. The monoisotopic (exact) mass is 417 g/mol. The molecule has 0 aliphatic rings. The molecule has 3 aromatic rings. The van der Waals surface area contributed by atoms with Crippen LogP contribution in [0.5, 0.6) is 11.5 Å². The minimum absolute atomic E-state index is 0.0156. The second-order valence-electron chi connectivity index (χ2n) is 6.26. The molecule has 0 saturated carbocycles. The number of carbonyl (C=O) groups excluding carboxylic acids is 1. The van der Waals surface area contributed by atoms with Crippen LogP contribution >= 0.6 is 11.8 Å². The molecule has 0 atom stereocenters. The van der Waals surface area contributed by atoms with E-state index in [4.69, 9.17) is 4.74 Å². The van der Waals surface area contributed by atoms with E-state index in [0.717, 1.165) is 21.2 Å². The predicted molar refractivity (Wildman–Crippen MR) is 111 cm³/mol. The highest BCUT2D eigenvalue weighted by atomic mass is 32.2. The summed E-state index contributed by atoms with van der Waals surface area (Å²) in [5.41, 5.74) is 0.768. The van der Waals surface area contributed by atoms with Gasteiger partial charge in [0.25, 0.3) is 0 Å². The molecule has 0 aliphatic heterocycles. The third kappa shape index (κ3) is 6.09. The third-order valence-electron chi connectivity index (χ3n) is 4.27. The molecule has 0 aliphatic carbocycles. The maximum Gasteiger partial charge on any atom is 0.387 e. The number of nitrogens with one attached hydrogen (secondary N) is 1. The Morgan fingerprint density at radius 3 is 2.59 bits per heavy atom. The smallest absolute Gasteiger partial charge is 0.387 e. The van der Waals surface area contributed by atoms with Crippen molar-refractivity contribution in [3.05, 3.63) is 66.2 Å². The summed E-state index contributed by atoms with van der Waals surface area (Å²) in [6.45, 7) is -2.52. The van der Waals surface area contributed by atoms with Gasteiger partial charge in [0.15, 0.2) is 11.5 Å². The molecule has 0 aromatic heterocycles. The Balaban J connectivity index is 1.48. The Morgan fingerprint density at radius 1 is 1.03 bits per heavy atom. The maximum atomic E-state index is 12.5. The number of fused-ring (bicyclic) bond motifs is 1. The number of amides is 1. The van der Waals surface area contributed by atoms with Gasteiger partial charge in [-0.1, -0.05) is 36.4 Å². The number of halogens is 2. The summed E-state index contributed by atoms with van der Waals surface area (Å²) in [7, 11) is 1.39. The minimum Gasteiger partial charge on any atom is -0.493 e. The van der Waals surface area contributed by atoms with Gasteiger partial charge in [-0.2, -0.15) is 8.78 Å². The zero-order valence-corrected chi connectivity index (χ0v) is 16.7. The SMILES string of the molecule is COc1ccc(CCNC(=O)CSc2ccc3ccccc3c2)cc1OC(F)F. The molecule has 4 nitrogen and oxygen atoms in total. The molecule has 0 heterocycles. The van der Waals surface area contributed by atoms with Crippen molar-refractivity contribution in [1.82, 2.24) is 5.32 Å². The highest BCUT2D eigenvalue weighted by molar-refractivity contribution is 8.00. The van der Waals surface area contributed by atoms with Crippen molar-refractivity contribution in [2.45, 2.75) is 17.9 Å². The maximum absolute atomic E-state index is 12.5. The zero-order valence-electron chi connectivity index (χ0n) is 15.9. The summed E-state index contributed by atoms with van der Waals surface area (Å²) in [5, 5.41) is 5.15. The number of rotatable bonds is 9. The van der Waals surface area contributed by atoms with E-state index in [9.17, 15) is 13.6 Å². The first-order valence-electron chi connectivity index (χ1n) is 9.05. The Kier molecular flexibility index (Phi) is 7.30. The lowest BCUT2D eigenvalue weighted by molar-refractivity contribution is -0.118. The molecule has 0 saturated heterocycles. The van der Waals surface area contributed by atoms with Crippen LogP contribution in [0, 0.1) is 0 Å². The second-order valence-corrected chi connectivity index (χ2v) is 7.31. The van der Waals surface area contributed by atoms with Crippen LogP contribution in [0.1, 0.15) is 5.56 Å². The molecular weight excluding hydrogens is 396 g/mol. The summed E-state index contributed by atoms with van der Waals surface area (Å²) < 4.78 is 34.5. The van der Waals surface area contributed by atoms with Crippen LogP contribution in [-0.2, 0) is 11.2 Å². The fourth-order valence-corrected chi connectivity index (χ4v) is 3.64. The first-order chi connectivity index (χ1) is 14.0. The van der Waals surface area contributed by atoms with Gasteiger partial charge in [-0.05, 0) is 47.0 Å². The lowest BCUT2D eigenvalue weighted by atomic mass is 10.1. The van der Waals surface area contributed by atoms with Crippen LogP contribution in [-0.4, -0.2) is 31.9 Å². The second kappa shape index (κ2) is 10.1. The van der Waals surface area contributed by atoms with Crippen molar-refractivity contribution in [2.24, 2.45) is 0 Å². The van der Waals surface area contributed by atoms with Gasteiger partial charge in [-0.25, -0.2) is 0 Å². The van der Waals surface area contributed by atoms with Crippen LogP contribution in [0.15, 0.2) is 65.6 Å². The number of benzene rings is 3. The Morgan fingerprint density at radius 2 is 1.83 bits per heavy atom. The fraction of sp³-hybridized carbons (Fsp3) is 0.227. The standard InChI is InChI=1S/C22H21F2NO3S/c1-27-19-9-6-15(12-20(19)28-22(23)24)10-11-25-21(26)14-29-18-8-7-16-4-2-3-5-17(16)13-18/h2-9,12-13,22H,10-11,14H2,1H3,(H,25,26). The van der Waals surface area contributed by atoms with Crippen molar-refractivity contribution >= 4 is 28.4 Å². The first-order valence-corrected chi connectivity index (χ1v) is 10.0. The van der Waals surface area contributed by atoms with E-state index in [1.54, 1.807) is 12.1 Å². The Labute approximate surface area is 172 Å². The number of alkyl halides is 2. The van der Waals surface area contributed by atoms with Crippen molar-refractivity contribution in [1.29, 1.82) is 0 Å². The van der Waals surface area contributed by atoms with E-state index in [1.807, 2.05) is 36.4 Å². The number of ether oxygens (including phenoxy) is 2. The fourth-order valence-electron chi connectivity index (χ4n) is 2.87. The topological polar surface area (TPSA) is 47.6 Å². The van der Waals surface area contributed by atoms with Gasteiger partial charge in [0.1, 0.15) is 0 Å². The zero-order chi connectivity index (χ0) is 20.6. The molecule has 0 fully saturated rings. The lowest BCUT2D eigenvalue weighted by Crippen LogP contribution is -2.27. The molecule has 29 heavy (non-hydrogen) atoms. The highest BCUT2D eigenvalue weighted by Gasteiger charge is 2.11. The van der Waals surface area contributed by atoms with E-state index >= 15 is 0 Å². The molecule has 3 rings (SSSR count). The molecule has 152 valence electrons. The molecule has 0 unspecified atom stereocenters. The van der Waals surface area contributed by atoms with Crippen LogP contribution in [0.3, 0.4) is 0 Å². The van der Waals surface area contributed by atoms with Gasteiger partial charge in [-0.15, -0.1) is 11.8 Å². The molecule has 1 amide bonds. The van der Waals surface area contributed by atoms with Gasteiger partial charge in [0, 0.05) is 11.4 Å².